The molecule has 5 nitrogen and oxygen atoms in total. The molecule has 1 aliphatic rings. The Hall–Kier alpha value is -1.36. The molecule has 0 radical (unpaired) electrons. The molecule has 5 heteroatoms. The smallest absolute Gasteiger partial charge is 0.134 e. The molecule has 1 unspecified atom stereocenters. The van der Waals surface area contributed by atoms with E-state index in [-0.39, 0.29) is 0 Å². The Morgan fingerprint density at radius 1 is 1.44 bits per heavy atom. The van der Waals surface area contributed by atoms with E-state index < -0.39 is 0 Å². The minimum Gasteiger partial charge on any atom is -0.383 e. The molecular formula is C13H23N5. The van der Waals surface area contributed by atoms with Crippen molar-refractivity contribution >= 4 is 11.6 Å². The first kappa shape index (κ1) is 13.1. The Morgan fingerprint density at radius 2 is 2.22 bits per heavy atom. The molecule has 1 aromatic heterocycles. The molecule has 0 aliphatic carbocycles. The van der Waals surface area contributed by atoms with Crippen molar-refractivity contribution in [3.63, 3.8) is 0 Å². The van der Waals surface area contributed by atoms with E-state index in [2.05, 4.69) is 27.2 Å². The molecule has 2 heterocycles. The Bertz CT molecular complexity index is 418. The molecule has 0 aromatic carbocycles. The van der Waals surface area contributed by atoms with Crippen LogP contribution in [0.4, 0.5) is 11.6 Å². The standard InChI is InChI=1S/C13H23N5/c1-4-11-16-12(14)9(2)13(17-11)15-7-10-5-6-18(3)8-10/h10H,4-8H2,1-3H3,(H3,14,15,16,17). The van der Waals surface area contributed by atoms with Gasteiger partial charge in [-0.1, -0.05) is 6.92 Å². The summed E-state index contributed by atoms with van der Waals surface area (Å²) in [6, 6.07) is 0. The number of nitrogens with two attached hydrogens (primary N) is 1. The molecule has 0 amide bonds. The number of anilines is 2. The van der Waals surface area contributed by atoms with Crippen LogP contribution in [0, 0.1) is 12.8 Å². The maximum atomic E-state index is 5.90. The monoisotopic (exact) mass is 249 g/mol. The van der Waals surface area contributed by atoms with E-state index in [1.807, 2.05) is 13.8 Å². The third-order valence-corrected chi connectivity index (χ3v) is 3.59. The first-order valence-electron chi connectivity index (χ1n) is 6.65. The summed E-state index contributed by atoms with van der Waals surface area (Å²) < 4.78 is 0. The largest absolute Gasteiger partial charge is 0.383 e. The van der Waals surface area contributed by atoms with Crippen molar-refractivity contribution in [2.24, 2.45) is 5.92 Å². The van der Waals surface area contributed by atoms with Gasteiger partial charge in [-0.15, -0.1) is 0 Å². The summed E-state index contributed by atoms with van der Waals surface area (Å²) >= 11 is 0. The van der Waals surface area contributed by atoms with Crippen LogP contribution >= 0.6 is 0 Å². The van der Waals surface area contributed by atoms with Gasteiger partial charge in [-0.25, -0.2) is 9.97 Å². The van der Waals surface area contributed by atoms with Crippen molar-refractivity contribution in [1.82, 2.24) is 14.9 Å². The lowest BCUT2D eigenvalue weighted by molar-refractivity contribution is 0.399. The molecule has 100 valence electrons. The zero-order valence-electron chi connectivity index (χ0n) is 11.5. The van der Waals surface area contributed by atoms with Crippen molar-refractivity contribution in [1.29, 1.82) is 0 Å². The second-order valence-electron chi connectivity index (χ2n) is 5.15. The van der Waals surface area contributed by atoms with Crippen LogP contribution in [-0.4, -0.2) is 41.5 Å². The minimum atomic E-state index is 0.591. The Kier molecular flexibility index (Phi) is 4.01. The van der Waals surface area contributed by atoms with Crippen LogP contribution in [0.1, 0.15) is 24.7 Å². The number of hydrogen-bond acceptors (Lipinski definition) is 5. The van der Waals surface area contributed by atoms with Gasteiger partial charge in [0, 0.05) is 25.1 Å². The fraction of sp³-hybridized carbons (Fsp3) is 0.692. The maximum Gasteiger partial charge on any atom is 0.134 e. The van der Waals surface area contributed by atoms with Crippen LogP contribution in [0.2, 0.25) is 0 Å². The van der Waals surface area contributed by atoms with Gasteiger partial charge in [0.1, 0.15) is 17.5 Å². The average molecular weight is 249 g/mol. The van der Waals surface area contributed by atoms with E-state index in [1.165, 1.54) is 13.0 Å². The van der Waals surface area contributed by atoms with Crippen LogP contribution in [0.15, 0.2) is 0 Å². The van der Waals surface area contributed by atoms with E-state index in [0.29, 0.717) is 11.7 Å². The van der Waals surface area contributed by atoms with Gasteiger partial charge in [0.05, 0.1) is 0 Å². The van der Waals surface area contributed by atoms with E-state index >= 15 is 0 Å². The minimum absolute atomic E-state index is 0.591. The number of aryl methyl sites for hydroxylation is 1. The topological polar surface area (TPSA) is 67.1 Å². The number of likely N-dealkylation sites (tertiary alicyclic amines) is 1. The zero-order chi connectivity index (χ0) is 13.1. The van der Waals surface area contributed by atoms with Crippen molar-refractivity contribution in [2.45, 2.75) is 26.7 Å². The molecule has 3 N–H and O–H groups in total. The molecule has 0 spiro atoms. The second-order valence-corrected chi connectivity index (χ2v) is 5.15. The quantitative estimate of drug-likeness (QED) is 0.841. The van der Waals surface area contributed by atoms with Gasteiger partial charge < -0.3 is 16.0 Å². The summed E-state index contributed by atoms with van der Waals surface area (Å²) in [4.78, 5) is 11.1. The third kappa shape index (κ3) is 2.90. The highest BCUT2D eigenvalue weighted by molar-refractivity contribution is 5.54. The Labute approximate surface area is 109 Å². The molecule has 0 saturated carbocycles. The van der Waals surface area contributed by atoms with Crippen molar-refractivity contribution in [2.75, 3.05) is 37.7 Å². The summed E-state index contributed by atoms with van der Waals surface area (Å²) in [6.07, 6.45) is 2.06. The maximum absolute atomic E-state index is 5.90. The summed E-state index contributed by atoms with van der Waals surface area (Å²) in [5.74, 6) is 3.00. The SMILES string of the molecule is CCc1nc(N)c(C)c(NCC2CCN(C)C2)n1. The van der Waals surface area contributed by atoms with Gasteiger partial charge in [-0.3, -0.25) is 0 Å². The van der Waals surface area contributed by atoms with Crippen LogP contribution < -0.4 is 11.1 Å². The number of aromatic nitrogens is 2. The zero-order valence-corrected chi connectivity index (χ0v) is 11.5. The lowest BCUT2D eigenvalue weighted by atomic mass is 10.1. The van der Waals surface area contributed by atoms with Gasteiger partial charge in [0.25, 0.3) is 0 Å². The molecule has 1 aromatic rings. The van der Waals surface area contributed by atoms with E-state index in [4.69, 9.17) is 5.73 Å². The third-order valence-electron chi connectivity index (χ3n) is 3.59. The van der Waals surface area contributed by atoms with Gasteiger partial charge in [0.2, 0.25) is 0 Å². The average Bonchev–Trinajstić information content (AvgIpc) is 2.77. The van der Waals surface area contributed by atoms with Crippen molar-refractivity contribution in [3.8, 4) is 0 Å². The highest BCUT2D eigenvalue weighted by Gasteiger charge is 2.19. The fourth-order valence-electron chi connectivity index (χ4n) is 2.35. The van der Waals surface area contributed by atoms with Crippen molar-refractivity contribution in [3.05, 3.63) is 11.4 Å². The number of hydrogen-bond donors (Lipinski definition) is 2. The summed E-state index contributed by atoms with van der Waals surface area (Å²) in [6.45, 7) is 7.33. The number of nitrogen functional groups attached to an aromatic ring is 1. The van der Waals surface area contributed by atoms with E-state index in [9.17, 15) is 0 Å². The number of nitrogens with one attached hydrogen (secondary N) is 1. The molecule has 18 heavy (non-hydrogen) atoms. The molecule has 1 aliphatic heterocycles. The van der Waals surface area contributed by atoms with Gasteiger partial charge in [-0.2, -0.15) is 0 Å². The highest BCUT2D eigenvalue weighted by atomic mass is 15.1. The normalized spacial score (nSPS) is 20.3. The predicted octanol–water partition coefficient (Wildman–Crippen LogP) is 1.29. The van der Waals surface area contributed by atoms with Gasteiger partial charge >= 0.3 is 0 Å². The summed E-state index contributed by atoms with van der Waals surface area (Å²) in [5, 5.41) is 3.43. The van der Waals surface area contributed by atoms with Gasteiger partial charge in [0.15, 0.2) is 0 Å². The molecule has 1 saturated heterocycles. The van der Waals surface area contributed by atoms with Crippen LogP contribution in [-0.2, 0) is 6.42 Å². The molecule has 1 atom stereocenters. The molecule has 0 bridgehead atoms. The van der Waals surface area contributed by atoms with E-state index in [0.717, 1.165) is 36.7 Å². The Balaban J connectivity index is 2.02. The Morgan fingerprint density at radius 3 is 2.83 bits per heavy atom. The first-order chi connectivity index (χ1) is 8.60. The first-order valence-corrected chi connectivity index (χ1v) is 6.65. The molecule has 1 fully saturated rings. The molecular weight excluding hydrogens is 226 g/mol. The second kappa shape index (κ2) is 5.52. The van der Waals surface area contributed by atoms with Crippen molar-refractivity contribution < 1.29 is 0 Å². The summed E-state index contributed by atoms with van der Waals surface area (Å²) in [5.41, 5.74) is 6.86. The van der Waals surface area contributed by atoms with Crippen LogP contribution in [0.25, 0.3) is 0 Å². The highest BCUT2D eigenvalue weighted by Crippen LogP contribution is 2.20. The lowest BCUT2D eigenvalue weighted by Gasteiger charge is -2.15. The molecule has 2 rings (SSSR count). The van der Waals surface area contributed by atoms with E-state index in [1.54, 1.807) is 0 Å². The summed E-state index contributed by atoms with van der Waals surface area (Å²) in [7, 11) is 2.17. The number of rotatable bonds is 4. The van der Waals surface area contributed by atoms with Crippen LogP contribution in [0.3, 0.4) is 0 Å². The lowest BCUT2D eigenvalue weighted by Crippen LogP contribution is -2.20. The van der Waals surface area contributed by atoms with Crippen LogP contribution in [0.5, 0.6) is 0 Å². The predicted molar refractivity (Wildman–Crippen MR) is 74.7 cm³/mol. The fourth-order valence-corrected chi connectivity index (χ4v) is 2.35. The number of nitrogens with zero attached hydrogens (tertiary/aromatic N) is 3. The van der Waals surface area contributed by atoms with Gasteiger partial charge in [-0.05, 0) is 32.9 Å².